The third kappa shape index (κ3) is 5.59. The molecule has 0 aromatic heterocycles. The van der Waals surface area contributed by atoms with Gasteiger partial charge in [-0.05, 0) is 32.5 Å². The van der Waals surface area contributed by atoms with Crippen LogP contribution in [0.15, 0.2) is 29.3 Å². The SMILES string of the molecule is CN=C(NCc1ccccc1OC(F)(F)F)NCC1CCCN1C. The van der Waals surface area contributed by atoms with Crippen LogP contribution in [-0.4, -0.2) is 50.4 Å². The van der Waals surface area contributed by atoms with Gasteiger partial charge in [-0.15, -0.1) is 13.2 Å². The van der Waals surface area contributed by atoms with E-state index in [4.69, 9.17) is 0 Å². The maximum Gasteiger partial charge on any atom is 0.573 e. The molecule has 1 unspecified atom stereocenters. The number of aliphatic imine (C=N–C) groups is 1. The highest BCUT2D eigenvalue weighted by molar-refractivity contribution is 5.79. The van der Waals surface area contributed by atoms with Crippen molar-refractivity contribution in [3.05, 3.63) is 29.8 Å². The minimum absolute atomic E-state index is 0.187. The van der Waals surface area contributed by atoms with Crippen molar-refractivity contribution in [3.63, 3.8) is 0 Å². The predicted molar refractivity (Wildman–Crippen MR) is 87.0 cm³/mol. The summed E-state index contributed by atoms with van der Waals surface area (Å²) in [4.78, 5) is 6.39. The molecule has 1 aliphatic heterocycles. The molecule has 2 N–H and O–H groups in total. The van der Waals surface area contributed by atoms with Gasteiger partial charge in [-0.25, -0.2) is 0 Å². The highest BCUT2D eigenvalue weighted by atomic mass is 19.4. The normalized spacial score (nSPS) is 19.4. The molecule has 1 heterocycles. The first-order valence-electron chi connectivity index (χ1n) is 7.87. The van der Waals surface area contributed by atoms with Crippen molar-refractivity contribution < 1.29 is 17.9 Å². The van der Waals surface area contributed by atoms with Crippen molar-refractivity contribution in [1.82, 2.24) is 15.5 Å². The van der Waals surface area contributed by atoms with E-state index in [1.54, 1.807) is 19.2 Å². The van der Waals surface area contributed by atoms with Gasteiger partial charge in [-0.3, -0.25) is 4.99 Å². The number of likely N-dealkylation sites (tertiary alicyclic amines) is 1. The molecule has 1 aromatic rings. The topological polar surface area (TPSA) is 48.9 Å². The summed E-state index contributed by atoms with van der Waals surface area (Å²) in [5.74, 6) is 0.348. The number of para-hydroxylation sites is 1. The van der Waals surface area contributed by atoms with Gasteiger partial charge in [-0.1, -0.05) is 18.2 Å². The average Bonchev–Trinajstić information content (AvgIpc) is 2.93. The van der Waals surface area contributed by atoms with Crippen molar-refractivity contribution in [2.75, 3.05) is 27.2 Å². The molecule has 134 valence electrons. The lowest BCUT2D eigenvalue weighted by Crippen LogP contribution is -2.43. The highest BCUT2D eigenvalue weighted by Gasteiger charge is 2.32. The Kier molecular flexibility index (Phi) is 6.30. The Bertz CT molecular complexity index is 562. The third-order valence-electron chi connectivity index (χ3n) is 4.04. The molecule has 2 rings (SSSR count). The van der Waals surface area contributed by atoms with Crippen molar-refractivity contribution in [2.45, 2.75) is 31.8 Å². The molecule has 1 fully saturated rings. The molecule has 0 bridgehead atoms. The number of rotatable bonds is 5. The van der Waals surface area contributed by atoms with Crippen LogP contribution in [0.5, 0.6) is 5.75 Å². The molecule has 0 radical (unpaired) electrons. The Morgan fingerprint density at radius 2 is 2.08 bits per heavy atom. The number of nitrogens with zero attached hydrogens (tertiary/aromatic N) is 2. The summed E-state index contributed by atoms with van der Waals surface area (Å²) in [6, 6.07) is 6.52. The van der Waals surface area contributed by atoms with Crippen molar-refractivity contribution in [2.24, 2.45) is 4.99 Å². The van der Waals surface area contributed by atoms with E-state index in [1.807, 2.05) is 0 Å². The van der Waals surface area contributed by atoms with Crippen LogP contribution in [0.2, 0.25) is 0 Å². The van der Waals surface area contributed by atoms with Gasteiger partial charge in [0.25, 0.3) is 0 Å². The van der Waals surface area contributed by atoms with E-state index in [0.717, 1.165) is 19.5 Å². The summed E-state index contributed by atoms with van der Waals surface area (Å²) in [7, 11) is 3.71. The standard InChI is InChI=1S/C16H23F3N4O/c1-20-15(22-11-13-7-5-9-23(13)2)21-10-12-6-3-4-8-14(12)24-16(17,18)19/h3-4,6,8,13H,5,7,9-11H2,1-2H3,(H2,20,21,22). The van der Waals surface area contributed by atoms with Gasteiger partial charge >= 0.3 is 6.36 Å². The van der Waals surface area contributed by atoms with E-state index in [9.17, 15) is 13.2 Å². The van der Waals surface area contributed by atoms with E-state index in [0.29, 0.717) is 17.6 Å². The Morgan fingerprint density at radius 3 is 2.71 bits per heavy atom. The van der Waals surface area contributed by atoms with Crippen molar-refractivity contribution in [1.29, 1.82) is 0 Å². The summed E-state index contributed by atoms with van der Waals surface area (Å²) in [6.45, 7) is 2.02. The predicted octanol–water partition coefficient (Wildman–Crippen LogP) is 2.34. The fourth-order valence-electron chi connectivity index (χ4n) is 2.73. The first-order chi connectivity index (χ1) is 11.4. The lowest BCUT2D eigenvalue weighted by molar-refractivity contribution is -0.274. The number of halogens is 3. The second kappa shape index (κ2) is 8.23. The van der Waals surface area contributed by atoms with Crippen LogP contribution < -0.4 is 15.4 Å². The van der Waals surface area contributed by atoms with Crippen molar-refractivity contribution >= 4 is 5.96 Å². The molecule has 1 aromatic carbocycles. The lowest BCUT2D eigenvalue weighted by Gasteiger charge is -2.21. The van der Waals surface area contributed by atoms with Crippen LogP contribution in [0.4, 0.5) is 13.2 Å². The molecule has 8 heteroatoms. The van der Waals surface area contributed by atoms with Crippen LogP contribution in [0.1, 0.15) is 18.4 Å². The van der Waals surface area contributed by atoms with Gasteiger partial charge in [0.1, 0.15) is 5.75 Å². The first kappa shape index (κ1) is 18.4. The largest absolute Gasteiger partial charge is 0.573 e. The zero-order chi connectivity index (χ0) is 17.6. The third-order valence-corrected chi connectivity index (χ3v) is 4.04. The summed E-state index contributed by atoms with van der Waals surface area (Å²) >= 11 is 0. The minimum atomic E-state index is -4.71. The van der Waals surface area contributed by atoms with Crippen LogP contribution >= 0.6 is 0 Å². The molecule has 1 saturated heterocycles. The van der Waals surface area contributed by atoms with Crippen LogP contribution in [0.25, 0.3) is 0 Å². The second-order valence-electron chi connectivity index (χ2n) is 5.74. The lowest BCUT2D eigenvalue weighted by atomic mass is 10.2. The molecule has 0 aliphatic carbocycles. The molecule has 1 aliphatic rings. The van der Waals surface area contributed by atoms with Crippen LogP contribution in [0, 0.1) is 0 Å². The van der Waals surface area contributed by atoms with Crippen molar-refractivity contribution in [3.8, 4) is 5.75 Å². The molecule has 1 atom stereocenters. The number of guanidine groups is 1. The highest BCUT2D eigenvalue weighted by Crippen LogP contribution is 2.26. The number of ether oxygens (including phenoxy) is 1. The zero-order valence-corrected chi connectivity index (χ0v) is 13.9. The van der Waals surface area contributed by atoms with Crippen LogP contribution in [0.3, 0.4) is 0 Å². The van der Waals surface area contributed by atoms with E-state index < -0.39 is 6.36 Å². The minimum Gasteiger partial charge on any atom is -0.405 e. The molecule has 24 heavy (non-hydrogen) atoms. The molecule has 0 spiro atoms. The number of nitrogens with one attached hydrogen (secondary N) is 2. The van der Waals surface area contributed by atoms with Gasteiger partial charge in [0.05, 0.1) is 0 Å². The maximum atomic E-state index is 12.4. The van der Waals surface area contributed by atoms with Gasteiger partial charge in [-0.2, -0.15) is 0 Å². The van der Waals surface area contributed by atoms with Gasteiger partial charge in [0.2, 0.25) is 0 Å². The van der Waals surface area contributed by atoms with E-state index in [-0.39, 0.29) is 12.3 Å². The second-order valence-corrected chi connectivity index (χ2v) is 5.74. The van der Waals surface area contributed by atoms with Gasteiger partial charge in [0.15, 0.2) is 5.96 Å². The smallest absolute Gasteiger partial charge is 0.405 e. The maximum absolute atomic E-state index is 12.4. The monoisotopic (exact) mass is 344 g/mol. The molecule has 0 amide bonds. The molecule has 0 saturated carbocycles. The Morgan fingerprint density at radius 1 is 1.33 bits per heavy atom. The molecular formula is C16H23F3N4O. The number of hydrogen-bond acceptors (Lipinski definition) is 3. The number of likely N-dealkylation sites (N-methyl/N-ethyl adjacent to an activating group) is 1. The first-order valence-corrected chi connectivity index (χ1v) is 7.87. The summed E-state index contributed by atoms with van der Waals surface area (Å²) in [6.07, 6.45) is -2.40. The van der Waals surface area contributed by atoms with E-state index in [1.165, 1.54) is 18.6 Å². The summed E-state index contributed by atoms with van der Waals surface area (Å²) < 4.78 is 41.3. The molecular weight excluding hydrogens is 321 g/mol. The van der Waals surface area contributed by atoms with Gasteiger partial charge in [0, 0.05) is 31.7 Å². The van der Waals surface area contributed by atoms with Gasteiger partial charge < -0.3 is 20.3 Å². The Hall–Kier alpha value is -1.96. The fourth-order valence-corrected chi connectivity index (χ4v) is 2.73. The Balaban J connectivity index is 1.89. The zero-order valence-electron chi connectivity index (χ0n) is 13.9. The number of alkyl halides is 3. The van der Waals surface area contributed by atoms with E-state index >= 15 is 0 Å². The average molecular weight is 344 g/mol. The van der Waals surface area contributed by atoms with Crippen LogP contribution in [-0.2, 0) is 6.54 Å². The quantitative estimate of drug-likeness (QED) is 0.636. The fraction of sp³-hybridized carbons (Fsp3) is 0.562. The Labute approximate surface area is 139 Å². The summed E-state index contributed by atoms with van der Waals surface area (Å²) in [5, 5.41) is 6.24. The summed E-state index contributed by atoms with van der Waals surface area (Å²) in [5.41, 5.74) is 0.413. The molecule has 5 nitrogen and oxygen atoms in total. The van der Waals surface area contributed by atoms with E-state index in [2.05, 4.69) is 32.3 Å². The number of hydrogen-bond donors (Lipinski definition) is 2. The number of benzene rings is 1.